The van der Waals surface area contributed by atoms with E-state index in [9.17, 15) is 18.0 Å². The molecule has 4 nitrogen and oxygen atoms in total. The van der Waals surface area contributed by atoms with Gasteiger partial charge in [0.15, 0.2) is 0 Å². The summed E-state index contributed by atoms with van der Waals surface area (Å²) in [6.07, 6.45) is -0.156. The van der Waals surface area contributed by atoms with Crippen LogP contribution >= 0.6 is 0 Å². The van der Waals surface area contributed by atoms with E-state index in [0.29, 0.717) is 19.3 Å². The van der Waals surface area contributed by atoms with Gasteiger partial charge in [-0.25, -0.2) is 0 Å². The standard InChI is InChI=1S/C14H25F3N2O2/c1-10(18)4-2-7-13(20)19-11-5-3-6-12(8-11)21-9-14(15,16)17/h10-12H,2-9,18H2,1H3,(H,19,20). The lowest BCUT2D eigenvalue weighted by Crippen LogP contribution is -2.41. The van der Waals surface area contributed by atoms with Crippen LogP contribution in [0.5, 0.6) is 0 Å². The van der Waals surface area contributed by atoms with E-state index in [2.05, 4.69) is 5.32 Å². The van der Waals surface area contributed by atoms with Crippen LogP contribution < -0.4 is 11.1 Å². The average molecular weight is 310 g/mol. The molecule has 0 aromatic rings. The highest BCUT2D eigenvalue weighted by atomic mass is 19.4. The van der Waals surface area contributed by atoms with Crippen molar-refractivity contribution < 1.29 is 22.7 Å². The van der Waals surface area contributed by atoms with Crippen LogP contribution in [0.25, 0.3) is 0 Å². The van der Waals surface area contributed by atoms with E-state index in [1.54, 1.807) is 0 Å². The number of amides is 1. The first-order chi connectivity index (χ1) is 9.76. The quantitative estimate of drug-likeness (QED) is 0.759. The molecule has 0 radical (unpaired) electrons. The van der Waals surface area contributed by atoms with Crippen LogP contribution in [0.4, 0.5) is 13.2 Å². The second kappa shape index (κ2) is 8.58. The lowest BCUT2D eigenvalue weighted by atomic mass is 9.92. The summed E-state index contributed by atoms with van der Waals surface area (Å²) in [6, 6.07) is -0.00702. The molecule has 124 valence electrons. The molecule has 1 aliphatic rings. The van der Waals surface area contributed by atoms with Crippen LogP contribution in [0.1, 0.15) is 51.9 Å². The lowest BCUT2D eigenvalue weighted by Gasteiger charge is -2.30. The molecule has 21 heavy (non-hydrogen) atoms. The molecule has 1 saturated carbocycles. The maximum atomic E-state index is 12.1. The summed E-state index contributed by atoms with van der Waals surface area (Å²) in [5.74, 6) is -0.0582. The van der Waals surface area contributed by atoms with Gasteiger partial charge in [-0.05, 0) is 45.4 Å². The zero-order valence-electron chi connectivity index (χ0n) is 12.4. The molecule has 0 aromatic carbocycles. The van der Waals surface area contributed by atoms with Gasteiger partial charge in [0.2, 0.25) is 5.91 Å². The van der Waals surface area contributed by atoms with E-state index in [1.165, 1.54) is 0 Å². The maximum absolute atomic E-state index is 12.1. The molecular formula is C14H25F3N2O2. The number of hydrogen-bond donors (Lipinski definition) is 2. The highest BCUT2D eigenvalue weighted by Crippen LogP contribution is 2.24. The number of nitrogens with one attached hydrogen (secondary N) is 1. The van der Waals surface area contributed by atoms with Gasteiger partial charge in [-0.1, -0.05) is 0 Å². The molecule has 0 bridgehead atoms. The first-order valence-electron chi connectivity index (χ1n) is 7.49. The summed E-state index contributed by atoms with van der Waals surface area (Å²) in [4.78, 5) is 11.7. The predicted molar refractivity (Wildman–Crippen MR) is 73.7 cm³/mol. The minimum atomic E-state index is -4.30. The fraction of sp³-hybridized carbons (Fsp3) is 0.929. The van der Waals surface area contributed by atoms with Gasteiger partial charge in [-0.15, -0.1) is 0 Å². The number of hydrogen-bond acceptors (Lipinski definition) is 3. The third-order valence-electron chi connectivity index (χ3n) is 3.54. The van der Waals surface area contributed by atoms with Crippen molar-refractivity contribution in [1.29, 1.82) is 0 Å². The van der Waals surface area contributed by atoms with Gasteiger partial charge in [-0.3, -0.25) is 4.79 Å². The van der Waals surface area contributed by atoms with Crippen LogP contribution in [-0.4, -0.2) is 36.9 Å². The topological polar surface area (TPSA) is 64.4 Å². The van der Waals surface area contributed by atoms with Gasteiger partial charge < -0.3 is 15.8 Å². The number of halogens is 3. The fourth-order valence-electron chi connectivity index (χ4n) is 2.52. The van der Waals surface area contributed by atoms with Crippen molar-refractivity contribution >= 4 is 5.91 Å². The largest absolute Gasteiger partial charge is 0.411 e. The Labute approximate surface area is 123 Å². The first kappa shape index (κ1) is 18.2. The third-order valence-corrected chi connectivity index (χ3v) is 3.54. The molecule has 0 spiro atoms. The van der Waals surface area contributed by atoms with Crippen molar-refractivity contribution in [1.82, 2.24) is 5.32 Å². The molecule has 3 atom stereocenters. The minimum absolute atomic E-state index is 0.0582. The van der Waals surface area contributed by atoms with Crippen LogP contribution in [0.15, 0.2) is 0 Å². The van der Waals surface area contributed by atoms with E-state index in [1.807, 2.05) is 6.92 Å². The highest BCUT2D eigenvalue weighted by Gasteiger charge is 2.31. The number of alkyl halides is 3. The van der Waals surface area contributed by atoms with E-state index in [0.717, 1.165) is 25.7 Å². The molecule has 7 heteroatoms. The van der Waals surface area contributed by atoms with Gasteiger partial charge in [0.1, 0.15) is 6.61 Å². The number of carbonyl (C=O) groups is 1. The Balaban J connectivity index is 2.24. The lowest BCUT2D eigenvalue weighted by molar-refractivity contribution is -0.188. The Morgan fingerprint density at radius 1 is 1.43 bits per heavy atom. The van der Waals surface area contributed by atoms with Crippen molar-refractivity contribution in [3.63, 3.8) is 0 Å². The van der Waals surface area contributed by atoms with Crippen molar-refractivity contribution in [2.75, 3.05) is 6.61 Å². The Bertz CT molecular complexity index is 322. The second-order valence-corrected chi connectivity index (χ2v) is 5.85. The fourth-order valence-corrected chi connectivity index (χ4v) is 2.52. The number of ether oxygens (including phenoxy) is 1. The maximum Gasteiger partial charge on any atom is 0.411 e. The summed E-state index contributed by atoms with van der Waals surface area (Å²) in [5.41, 5.74) is 5.61. The number of nitrogens with two attached hydrogens (primary N) is 1. The van der Waals surface area contributed by atoms with E-state index in [-0.39, 0.29) is 18.0 Å². The molecule has 0 saturated heterocycles. The Kier molecular flexibility index (Phi) is 7.45. The van der Waals surface area contributed by atoms with Crippen LogP contribution in [0.2, 0.25) is 0 Å². The molecular weight excluding hydrogens is 285 g/mol. The number of rotatable bonds is 7. The Morgan fingerprint density at radius 2 is 2.14 bits per heavy atom. The molecule has 1 rings (SSSR count). The molecule has 1 amide bonds. The summed E-state index contributed by atoms with van der Waals surface area (Å²) < 4.78 is 41.2. The SMILES string of the molecule is CC(N)CCCC(=O)NC1CCCC(OCC(F)(F)F)C1. The van der Waals surface area contributed by atoms with Crippen molar-refractivity contribution in [2.45, 2.75) is 76.2 Å². The summed E-state index contributed by atoms with van der Waals surface area (Å²) >= 11 is 0. The van der Waals surface area contributed by atoms with Gasteiger partial charge in [-0.2, -0.15) is 13.2 Å². The second-order valence-electron chi connectivity index (χ2n) is 5.85. The monoisotopic (exact) mass is 310 g/mol. The minimum Gasteiger partial charge on any atom is -0.369 e. The first-order valence-corrected chi connectivity index (χ1v) is 7.49. The summed E-state index contributed by atoms with van der Waals surface area (Å²) in [7, 11) is 0. The molecule has 0 aliphatic heterocycles. The smallest absolute Gasteiger partial charge is 0.369 e. The van der Waals surface area contributed by atoms with Crippen LogP contribution in [0, 0.1) is 0 Å². The van der Waals surface area contributed by atoms with Gasteiger partial charge >= 0.3 is 6.18 Å². The Morgan fingerprint density at radius 3 is 2.76 bits per heavy atom. The molecule has 1 aliphatic carbocycles. The molecule has 0 heterocycles. The zero-order chi connectivity index (χ0) is 15.9. The third kappa shape index (κ3) is 8.93. The van der Waals surface area contributed by atoms with Gasteiger partial charge in [0, 0.05) is 18.5 Å². The molecule has 3 N–H and O–H groups in total. The van der Waals surface area contributed by atoms with Crippen molar-refractivity contribution in [3.05, 3.63) is 0 Å². The van der Waals surface area contributed by atoms with Crippen molar-refractivity contribution in [2.24, 2.45) is 5.73 Å². The Hall–Kier alpha value is -0.820. The van der Waals surface area contributed by atoms with E-state index in [4.69, 9.17) is 10.5 Å². The van der Waals surface area contributed by atoms with Crippen molar-refractivity contribution in [3.8, 4) is 0 Å². The predicted octanol–water partition coefficient (Wildman–Crippen LogP) is 2.51. The average Bonchev–Trinajstić information content (AvgIpc) is 2.35. The van der Waals surface area contributed by atoms with Gasteiger partial charge in [0.05, 0.1) is 6.10 Å². The highest BCUT2D eigenvalue weighted by molar-refractivity contribution is 5.76. The van der Waals surface area contributed by atoms with Gasteiger partial charge in [0.25, 0.3) is 0 Å². The van der Waals surface area contributed by atoms with Crippen LogP contribution in [-0.2, 0) is 9.53 Å². The molecule has 3 unspecified atom stereocenters. The zero-order valence-corrected chi connectivity index (χ0v) is 12.4. The normalized spacial score (nSPS) is 24.6. The number of carbonyl (C=O) groups excluding carboxylic acids is 1. The molecule has 0 aromatic heterocycles. The van der Waals surface area contributed by atoms with E-state index >= 15 is 0 Å². The summed E-state index contributed by atoms with van der Waals surface area (Å²) in [5, 5.41) is 2.88. The van der Waals surface area contributed by atoms with E-state index < -0.39 is 18.9 Å². The van der Waals surface area contributed by atoms with Crippen LogP contribution in [0.3, 0.4) is 0 Å². The molecule has 1 fully saturated rings. The summed E-state index contributed by atoms with van der Waals surface area (Å²) in [6.45, 7) is 0.675.